The first-order valence-electron chi connectivity index (χ1n) is 11.0. The number of amides is 3. The number of aromatic nitrogens is 1. The summed E-state index contributed by atoms with van der Waals surface area (Å²) in [7, 11) is 0. The molecule has 1 unspecified atom stereocenters. The summed E-state index contributed by atoms with van der Waals surface area (Å²) in [4.78, 5) is 54.5. The van der Waals surface area contributed by atoms with E-state index in [1.165, 1.54) is 28.0 Å². The minimum Gasteiger partial charge on any atom is -0.465 e. The molecule has 1 atom stereocenters. The summed E-state index contributed by atoms with van der Waals surface area (Å²) in [6.45, 7) is 6.11. The van der Waals surface area contributed by atoms with Gasteiger partial charge in [0.2, 0.25) is 11.5 Å². The monoisotopic (exact) mass is 488 g/mol. The molecule has 0 aliphatic carbocycles. The molecule has 3 amide bonds. The van der Waals surface area contributed by atoms with Crippen LogP contribution in [0.2, 0.25) is 5.02 Å². The van der Waals surface area contributed by atoms with E-state index < -0.39 is 23.6 Å². The van der Waals surface area contributed by atoms with Crippen molar-refractivity contribution in [3.05, 3.63) is 68.6 Å². The molecule has 3 N–H and O–H groups in total. The molecule has 3 rings (SSSR count). The molecule has 0 saturated carbocycles. The van der Waals surface area contributed by atoms with Gasteiger partial charge in [-0.1, -0.05) is 23.7 Å². The van der Waals surface area contributed by atoms with Gasteiger partial charge in [0.15, 0.2) is 0 Å². The number of nitrogens with zero attached hydrogens (tertiary/aromatic N) is 2. The van der Waals surface area contributed by atoms with Crippen molar-refractivity contribution in [1.82, 2.24) is 20.1 Å². The van der Waals surface area contributed by atoms with Crippen LogP contribution in [0.25, 0.3) is 0 Å². The Kier molecular flexibility index (Phi) is 7.66. The Morgan fingerprint density at radius 1 is 1.21 bits per heavy atom. The molecule has 1 fully saturated rings. The zero-order valence-corrected chi connectivity index (χ0v) is 20.2. The van der Waals surface area contributed by atoms with Gasteiger partial charge in [-0.25, -0.2) is 4.79 Å². The topological polar surface area (TPSA) is 123 Å². The summed E-state index contributed by atoms with van der Waals surface area (Å²) in [6, 6.07) is 8.80. The molecule has 1 aliphatic rings. The normalized spacial score (nSPS) is 15.8. The second-order valence-corrected chi connectivity index (χ2v) is 9.69. The van der Waals surface area contributed by atoms with Gasteiger partial charge < -0.3 is 20.3 Å². The van der Waals surface area contributed by atoms with Gasteiger partial charge in [0.25, 0.3) is 5.91 Å². The molecule has 10 heteroatoms. The molecule has 1 saturated heterocycles. The van der Waals surface area contributed by atoms with Crippen LogP contribution in [0, 0.1) is 0 Å². The van der Waals surface area contributed by atoms with E-state index in [0.29, 0.717) is 30.0 Å². The zero-order chi connectivity index (χ0) is 25.0. The van der Waals surface area contributed by atoms with Crippen molar-refractivity contribution in [2.75, 3.05) is 6.54 Å². The minimum atomic E-state index is -1.04. The average Bonchev–Trinajstić information content (AvgIpc) is 3.25. The molecule has 1 aromatic heterocycles. The Morgan fingerprint density at radius 2 is 1.94 bits per heavy atom. The largest absolute Gasteiger partial charge is 0.465 e. The number of nitrogens with one attached hydrogen (secondary N) is 2. The number of carbonyl (C=O) groups is 3. The molecule has 182 valence electrons. The van der Waals surface area contributed by atoms with Crippen LogP contribution in [0.4, 0.5) is 4.79 Å². The maximum atomic E-state index is 13.0. The minimum absolute atomic E-state index is 0.132. The summed E-state index contributed by atoms with van der Waals surface area (Å²) in [5, 5.41) is 13.0. The lowest BCUT2D eigenvalue weighted by Crippen LogP contribution is -2.46. The second-order valence-electron chi connectivity index (χ2n) is 9.26. The summed E-state index contributed by atoms with van der Waals surface area (Å²) >= 11 is 6.17. The van der Waals surface area contributed by atoms with Crippen molar-refractivity contribution in [2.24, 2.45) is 0 Å². The number of rotatable bonds is 6. The molecule has 0 spiro atoms. The zero-order valence-electron chi connectivity index (χ0n) is 19.4. The first-order valence-corrected chi connectivity index (χ1v) is 11.4. The van der Waals surface area contributed by atoms with Crippen LogP contribution >= 0.6 is 11.6 Å². The van der Waals surface area contributed by atoms with Crippen molar-refractivity contribution >= 4 is 29.5 Å². The van der Waals surface area contributed by atoms with E-state index in [1.54, 1.807) is 18.2 Å². The number of aromatic amines is 1. The summed E-state index contributed by atoms with van der Waals surface area (Å²) in [5.74, 6) is -0.720. The number of carbonyl (C=O) groups excluding carboxylic acids is 2. The Morgan fingerprint density at radius 3 is 2.59 bits per heavy atom. The fourth-order valence-corrected chi connectivity index (χ4v) is 4.18. The molecule has 0 radical (unpaired) electrons. The molecule has 1 aromatic carbocycles. The predicted octanol–water partition coefficient (Wildman–Crippen LogP) is 3.23. The second kappa shape index (κ2) is 10.3. The van der Waals surface area contributed by atoms with Crippen molar-refractivity contribution < 1.29 is 19.5 Å². The van der Waals surface area contributed by atoms with Gasteiger partial charge in [0, 0.05) is 36.3 Å². The van der Waals surface area contributed by atoms with E-state index in [1.807, 2.05) is 20.8 Å². The molecule has 34 heavy (non-hydrogen) atoms. The fourth-order valence-electron chi connectivity index (χ4n) is 3.99. The maximum Gasteiger partial charge on any atom is 0.408 e. The molecule has 0 bridgehead atoms. The lowest BCUT2D eigenvalue weighted by Gasteiger charge is -2.33. The number of pyridine rings is 1. The van der Waals surface area contributed by atoms with Gasteiger partial charge in [0.1, 0.15) is 11.7 Å². The third-order valence-electron chi connectivity index (χ3n) is 5.81. The molecule has 1 aliphatic heterocycles. The Hall–Kier alpha value is -3.33. The van der Waals surface area contributed by atoms with Gasteiger partial charge >= 0.3 is 6.09 Å². The highest BCUT2D eigenvalue weighted by Gasteiger charge is 2.35. The van der Waals surface area contributed by atoms with Crippen molar-refractivity contribution in [2.45, 2.75) is 58.3 Å². The lowest BCUT2D eigenvalue weighted by molar-refractivity contribution is -0.125. The average molecular weight is 489 g/mol. The first kappa shape index (κ1) is 25.3. The summed E-state index contributed by atoms with van der Waals surface area (Å²) < 4.78 is 0. The quantitative estimate of drug-likeness (QED) is 0.576. The maximum absolute atomic E-state index is 13.0. The van der Waals surface area contributed by atoms with E-state index >= 15 is 0 Å². The summed E-state index contributed by atoms with van der Waals surface area (Å²) in [6.07, 6.45) is 0.132. The van der Waals surface area contributed by atoms with E-state index in [9.17, 15) is 24.3 Å². The van der Waals surface area contributed by atoms with E-state index in [4.69, 9.17) is 11.6 Å². The van der Waals surface area contributed by atoms with Gasteiger partial charge in [-0.05, 0) is 62.9 Å². The highest BCUT2D eigenvalue weighted by molar-refractivity contribution is 6.30. The molecule has 2 aromatic rings. The number of carboxylic acid groups (broad SMARTS) is 1. The lowest BCUT2D eigenvalue weighted by atomic mass is 10.0. The van der Waals surface area contributed by atoms with Crippen molar-refractivity contribution in [3.63, 3.8) is 0 Å². The highest BCUT2D eigenvalue weighted by atomic mass is 35.5. The Balaban J connectivity index is 1.74. The molecular weight excluding hydrogens is 460 g/mol. The number of likely N-dealkylation sites (tertiary alicyclic amines) is 1. The highest BCUT2D eigenvalue weighted by Crippen LogP contribution is 2.23. The standard InChI is InChI=1S/C24H29ClN4O5/c1-24(2,3)29(23(33)34)14-15-9-10-17(25)12-16(15)13-26-21(31)19-7-5-11-28(19)22(32)18-6-4-8-20(30)27-18/h4,6,8-10,12,19H,5,7,11,13-14H2,1-3H3,(H,26,31)(H,27,30)(H,33,34). The fraction of sp³-hybridized carbons (Fsp3) is 0.417. The van der Waals surface area contributed by atoms with Crippen LogP contribution in [0.1, 0.15) is 55.2 Å². The molecule has 9 nitrogen and oxygen atoms in total. The SMILES string of the molecule is CC(C)(C)N(Cc1ccc(Cl)cc1CNC(=O)C1CCCN1C(=O)c1cccc(=O)[nH]1)C(=O)O. The Labute approximate surface area is 202 Å². The van der Waals surface area contributed by atoms with E-state index in [2.05, 4.69) is 10.3 Å². The third-order valence-corrected chi connectivity index (χ3v) is 6.04. The number of halogens is 1. The smallest absolute Gasteiger partial charge is 0.408 e. The number of hydrogen-bond acceptors (Lipinski definition) is 4. The van der Waals surface area contributed by atoms with Crippen LogP contribution in [0.5, 0.6) is 0 Å². The summed E-state index contributed by atoms with van der Waals surface area (Å²) in [5.41, 5.74) is 0.558. The predicted molar refractivity (Wildman–Crippen MR) is 128 cm³/mol. The number of benzene rings is 1. The van der Waals surface area contributed by atoms with Crippen LogP contribution in [-0.4, -0.2) is 55.9 Å². The van der Waals surface area contributed by atoms with Crippen LogP contribution in [0.15, 0.2) is 41.2 Å². The van der Waals surface area contributed by atoms with Gasteiger partial charge in [-0.15, -0.1) is 0 Å². The van der Waals surface area contributed by atoms with Crippen LogP contribution < -0.4 is 10.9 Å². The van der Waals surface area contributed by atoms with Gasteiger partial charge in [-0.2, -0.15) is 0 Å². The first-order chi connectivity index (χ1) is 16.0. The van der Waals surface area contributed by atoms with E-state index in [-0.39, 0.29) is 30.2 Å². The van der Waals surface area contributed by atoms with Crippen LogP contribution in [0.3, 0.4) is 0 Å². The van der Waals surface area contributed by atoms with Gasteiger partial charge in [-0.3, -0.25) is 19.3 Å². The van der Waals surface area contributed by atoms with E-state index in [0.717, 1.165) is 5.56 Å². The van der Waals surface area contributed by atoms with Crippen molar-refractivity contribution in [1.29, 1.82) is 0 Å². The van der Waals surface area contributed by atoms with Crippen molar-refractivity contribution in [3.8, 4) is 0 Å². The Bertz CT molecular complexity index is 1140. The third kappa shape index (κ3) is 5.96. The van der Waals surface area contributed by atoms with Gasteiger partial charge in [0.05, 0.1) is 0 Å². The molecule has 2 heterocycles. The number of H-pyrrole nitrogens is 1. The number of hydrogen-bond donors (Lipinski definition) is 3. The van der Waals surface area contributed by atoms with Crippen LogP contribution in [-0.2, 0) is 17.9 Å². The molecular formula is C24H29ClN4O5.